The van der Waals surface area contributed by atoms with E-state index >= 15 is 0 Å². The van der Waals surface area contributed by atoms with Crippen LogP contribution in [-0.4, -0.2) is 56.2 Å². The van der Waals surface area contributed by atoms with E-state index in [4.69, 9.17) is 18.9 Å². The summed E-state index contributed by atoms with van der Waals surface area (Å²) >= 11 is 0. The van der Waals surface area contributed by atoms with Crippen molar-refractivity contribution in [2.45, 2.75) is 52.0 Å². The molecule has 1 saturated heterocycles. The highest BCUT2D eigenvalue weighted by Gasteiger charge is 2.22. The van der Waals surface area contributed by atoms with Gasteiger partial charge >= 0.3 is 0 Å². The molecule has 198 valence electrons. The Balaban J connectivity index is 1.29. The lowest BCUT2D eigenvalue weighted by molar-refractivity contribution is 0.0914. The lowest BCUT2D eigenvalue weighted by Crippen LogP contribution is -2.29. The van der Waals surface area contributed by atoms with E-state index in [9.17, 15) is 4.79 Å². The van der Waals surface area contributed by atoms with Crippen molar-refractivity contribution in [3.05, 3.63) is 69.8 Å². The zero-order chi connectivity index (χ0) is 25.9. The zero-order valence-corrected chi connectivity index (χ0v) is 21.3. The van der Waals surface area contributed by atoms with Crippen molar-refractivity contribution in [3.8, 4) is 17.2 Å². The first kappa shape index (κ1) is 24.4. The number of nitrogens with one attached hydrogen (secondary N) is 1. The highest BCUT2D eigenvalue weighted by molar-refractivity contribution is 5.80. The molecular weight excluding hydrogens is 488 g/mol. The first-order valence-electron chi connectivity index (χ1n) is 12.9. The second-order valence-corrected chi connectivity index (χ2v) is 9.55. The SMILES string of the molecule is CCOc1ccc2[nH]c(=O)c(CN(Cc3ccc4c(c3)OCO4)Cc3nnnn3C[C@H]3CCCO3)cc2c1. The first-order chi connectivity index (χ1) is 18.6. The summed E-state index contributed by atoms with van der Waals surface area (Å²) in [6, 6.07) is 13.5. The van der Waals surface area contributed by atoms with Gasteiger partial charge in [-0.3, -0.25) is 9.69 Å². The van der Waals surface area contributed by atoms with E-state index in [1.54, 1.807) is 0 Å². The molecule has 0 saturated carbocycles. The fourth-order valence-corrected chi connectivity index (χ4v) is 4.97. The molecule has 11 heteroatoms. The van der Waals surface area contributed by atoms with Crippen molar-refractivity contribution in [2.75, 3.05) is 20.0 Å². The summed E-state index contributed by atoms with van der Waals surface area (Å²) in [4.78, 5) is 18.2. The molecule has 0 bridgehead atoms. The molecule has 0 aliphatic carbocycles. The van der Waals surface area contributed by atoms with Gasteiger partial charge in [0.15, 0.2) is 17.3 Å². The molecule has 4 aromatic rings. The standard InChI is InChI=1S/C27H30N6O5/c1-2-35-21-6-7-23-19(12-21)11-20(27(34)28-23)14-32(13-18-5-8-24-25(10-18)38-17-37-24)16-26-29-30-31-33(26)15-22-4-3-9-36-22/h5-8,10-12,22H,2-4,9,13-17H2,1H3,(H,28,34)/t22-/m1/s1. The van der Waals surface area contributed by atoms with Crippen LogP contribution in [-0.2, 0) is 30.9 Å². The number of fused-ring (bicyclic) bond motifs is 2. The van der Waals surface area contributed by atoms with E-state index in [0.717, 1.165) is 59.0 Å². The molecular formula is C27H30N6O5. The van der Waals surface area contributed by atoms with Gasteiger partial charge in [0, 0.05) is 36.2 Å². The molecule has 11 nitrogen and oxygen atoms in total. The molecule has 1 fully saturated rings. The van der Waals surface area contributed by atoms with Gasteiger partial charge in [0.05, 0.1) is 25.8 Å². The van der Waals surface area contributed by atoms with Crippen LogP contribution in [0.1, 0.15) is 36.7 Å². The van der Waals surface area contributed by atoms with Gasteiger partial charge in [-0.1, -0.05) is 6.07 Å². The van der Waals surface area contributed by atoms with Gasteiger partial charge in [0.2, 0.25) is 6.79 Å². The highest BCUT2D eigenvalue weighted by atomic mass is 16.7. The van der Waals surface area contributed by atoms with Gasteiger partial charge in [0.25, 0.3) is 5.56 Å². The van der Waals surface area contributed by atoms with Crippen molar-refractivity contribution in [2.24, 2.45) is 0 Å². The maximum atomic E-state index is 13.1. The Hall–Kier alpha value is -3.96. The Morgan fingerprint density at radius 3 is 2.89 bits per heavy atom. The Kier molecular flexibility index (Phi) is 6.93. The number of nitrogens with zero attached hydrogens (tertiary/aromatic N) is 5. The average Bonchev–Trinajstić information content (AvgIpc) is 3.68. The third kappa shape index (κ3) is 5.34. The summed E-state index contributed by atoms with van der Waals surface area (Å²) in [5, 5.41) is 13.4. The molecule has 4 heterocycles. The molecule has 0 radical (unpaired) electrons. The van der Waals surface area contributed by atoms with Crippen molar-refractivity contribution in [1.82, 2.24) is 30.1 Å². The number of hydrogen-bond acceptors (Lipinski definition) is 9. The predicted octanol–water partition coefficient (Wildman–Crippen LogP) is 3.02. The van der Waals surface area contributed by atoms with Crippen molar-refractivity contribution in [1.29, 1.82) is 0 Å². The quantitative estimate of drug-likeness (QED) is 0.338. The highest BCUT2D eigenvalue weighted by Crippen LogP contribution is 2.33. The van der Waals surface area contributed by atoms with Crippen LogP contribution < -0.4 is 19.8 Å². The fourth-order valence-electron chi connectivity index (χ4n) is 4.97. The molecule has 1 atom stereocenters. The number of pyridine rings is 1. The van der Waals surface area contributed by atoms with Crippen LogP contribution in [0.25, 0.3) is 10.9 Å². The van der Waals surface area contributed by atoms with E-state index in [0.29, 0.717) is 38.3 Å². The minimum atomic E-state index is -0.128. The molecule has 0 spiro atoms. The smallest absolute Gasteiger partial charge is 0.252 e. The maximum Gasteiger partial charge on any atom is 0.252 e. The molecule has 2 aliphatic rings. The summed E-state index contributed by atoms with van der Waals surface area (Å²) in [7, 11) is 0. The number of ether oxygens (including phenoxy) is 4. The topological polar surface area (TPSA) is 117 Å². The van der Waals surface area contributed by atoms with Crippen molar-refractivity contribution >= 4 is 10.9 Å². The van der Waals surface area contributed by atoms with E-state index in [1.165, 1.54) is 0 Å². The largest absolute Gasteiger partial charge is 0.494 e. The van der Waals surface area contributed by atoms with E-state index in [2.05, 4.69) is 25.4 Å². The molecule has 0 amide bonds. The molecule has 1 N–H and O–H groups in total. The minimum absolute atomic E-state index is 0.113. The van der Waals surface area contributed by atoms with Crippen LogP contribution in [0.3, 0.4) is 0 Å². The Labute approximate surface area is 219 Å². The number of tetrazole rings is 1. The average molecular weight is 519 g/mol. The predicted molar refractivity (Wildman–Crippen MR) is 138 cm³/mol. The number of aromatic nitrogens is 5. The second-order valence-electron chi connectivity index (χ2n) is 9.55. The fraction of sp³-hybridized carbons (Fsp3) is 0.407. The molecule has 38 heavy (non-hydrogen) atoms. The number of benzene rings is 2. The Bertz CT molecular complexity index is 1480. The van der Waals surface area contributed by atoms with Gasteiger partial charge in [-0.2, -0.15) is 0 Å². The van der Waals surface area contributed by atoms with Gasteiger partial charge in [-0.25, -0.2) is 4.68 Å². The molecule has 2 aromatic carbocycles. The van der Waals surface area contributed by atoms with Crippen LogP contribution in [0.15, 0.2) is 47.3 Å². The van der Waals surface area contributed by atoms with Gasteiger partial charge in [-0.15, -0.1) is 5.10 Å². The molecule has 0 unspecified atom stereocenters. The van der Waals surface area contributed by atoms with Gasteiger partial charge in [0.1, 0.15) is 5.75 Å². The first-order valence-corrected chi connectivity index (χ1v) is 12.9. The summed E-state index contributed by atoms with van der Waals surface area (Å²) in [5.41, 5.74) is 2.31. The third-order valence-electron chi connectivity index (χ3n) is 6.81. The maximum absolute atomic E-state index is 13.1. The summed E-state index contributed by atoms with van der Waals surface area (Å²) in [6.45, 7) is 5.52. The van der Waals surface area contributed by atoms with Crippen LogP contribution in [0.4, 0.5) is 0 Å². The van der Waals surface area contributed by atoms with Crippen LogP contribution in [0, 0.1) is 0 Å². The normalized spacial score (nSPS) is 16.5. The molecule has 6 rings (SSSR count). The lowest BCUT2D eigenvalue weighted by atomic mass is 10.1. The third-order valence-corrected chi connectivity index (χ3v) is 6.81. The Morgan fingerprint density at radius 2 is 2.03 bits per heavy atom. The summed E-state index contributed by atoms with van der Waals surface area (Å²) < 4.78 is 24.3. The van der Waals surface area contributed by atoms with Crippen molar-refractivity contribution < 1.29 is 18.9 Å². The van der Waals surface area contributed by atoms with E-state index in [-0.39, 0.29) is 18.5 Å². The summed E-state index contributed by atoms with van der Waals surface area (Å²) in [6.07, 6.45) is 2.16. The van der Waals surface area contributed by atoms with Crippen LogP contribution in [0.2, 0.25) is 0 Å². The number of aromatic amines is 1. The molecule has 2 aromatic heterocycles. The van der Waals surface area contributed by atoms with Crippen LogP contribution in [0.5, 0.6) is 17.2 Å². The lowest BCUT2D eigenvalue weighted by Gasteiger charge is -2.22. The minimum Gasteiger partial charge on any atom is -0.494 e. The summed E-state index contributed by atoms with van der Waals surface area (Å²) in [5.74, 6) is 2.94. The van der Waals surface area contributed by atoms with E-state index < -0.39 is 0 Å². The molecule has 2 aliphatic heterocycles. The monoisotopic (exact) mass is 518 g/mol. The zero-order valence-electron chi connectivity index (χ0n) is 21.3. The van der Waals surface area contributed by atoms with Gasteiger partial charge < -0.3 is 23.9 Å². The Morgan fingerprint density at radius 1 is 1.11 bits per heavy atom. The van der Waals surface area contributed by atoms with Crippen molar-refractivity contribution in [3.63, 3.8) is 0 Å². The van der Waals surface area contributed by atoms with Gasteiger partial charge in [-0.05, 0) is 72.2 Å². The number of H-pyrrole nitrogens is 1. The van der Waals surface area contributed by atoms with Crippen LogP contribution >= 0.6 is 0 Å². The second kappa shape index (κ2) is 10.8. The number of hydrogen-bond donors (Lipinski definition) is 1. The number of rotatable bonds is 10. The van der Waals surface area contributed by atoms with E-state index in [1.807, 2.05) is 54.1 Å².